The van der Waals surface area contributed by atoms with Crippen LogP contribution in [0.25, 0.3) is 0 Å². The Labute approximate surface area is 193 Å². The fraction of sp³-hybridized carbons (Fsp3) is 0.708. The monoisotopic (exact) mass is 485 g/mol. The van der Waals surface area contributed by atoms with Crippen molar-refractivity contribution in [2.45, 2.75) is 97.3 Å². The van der Waals surface area contributed by atoms with Gasteiger partial charge in [-0.1, -0.05) is 72.1 Å². The third-order valence-corrected chi connectivity index (χ3v) is 5.09. The van der Waals surface area contributed by atoms with Gasteiger partial charge in [-0.15, -0.1) is 0 Å². The number of anilines is 1. The van der Waals surface area contributed by atoms with Crippen LogP contribution >= 0.6 is 0 Å². The molecule has 3 nitrogen and oxygen atoms in total. The summed E-state index contributed by atoms with van der Waals surface area (Å²) >= 11 is 0. The standard InChI is InChI=1S/C18H25F6N.C6H12O2/c1-2-3-4-5-6-7-8-9-10-25-16-12-14(17(19,20)21)11-15(13-16)18(22,23)24;1-3-4-5(2)6(7)8/h11-13,25H,2-10H2,1H3;5H,3-4H2,1-2H3,(H,7,8). The molecule has 1 aromatic carbocycles. The van der Waals surface area contributed by atoms with Crippen LogP contribution in [0.4, 0.5) is 32.0 Å². The van der Waals surface area contributed by atoms with E-state index in [-0.39, 0.29) is 17.7 Å². The lowest BCUT2D eigenvalue weighted by Gasteiger charge is -2.15. The smallest absolute Gasteiger partial charge is 0.416 e. The average Bonchev–Trinajstić information content (AvgIpc) is 2.71. The molecule has 192 valence electrons. The zero-order valence-corrected chi connectivity index (χ0v) is 19.7. The van der Waals surface area contributed by atoms with Crippen LogP contribution in [0.15, 0.2) is 18.2 Å². The molecule has 1 aromatic rings. The van der Waals surface area contributed by atoms with Crippen LogP contribution in [0.3, 0.4) is 0 Å². The molecule has 0 spiro atoms. The highest BCUT2D eigenvalue weighted by atomic mass is 19.4. The van der Waals surface area contributed by atoms with Gasteiger partial charge in [-0.25, -0.2) is 0 Å². The highest BCUT2D eigenvalue weighted by molar-refractivity contribution is 5.69. The van der Waals surface area contributed by atoms with Crippen molar-refractivity contribution in [3.05, 3.63) is 29.3 Å². The molecule has 0 amide bonds. The van der Waals surface area contributed by atoms with Crippen LogP contribution in [0.5, 0.6) is 0 Å². The summed E-state index contributed by atoms with van der Waals surface area (Å²) in [6.45, 7) is 6.21. The molecule has 2 N–H and O–H groups in total. The van der Waals surface area contributed by atoms with E-state index in [2.05, 4.69) is 12.2 Å². The number of benzene rings is 1. The lowest BCUT2D eigenvalue weighted by atomic mass is 10.1. The van der Waals surface area contributed by atoms with Crippen LogP contribution in [-0.2, 0) is 17.1 Å². The molecule has 0 saturated heterocycles. The van der Waals surface area contributed by atoms with Gasteiger partial charge in [0.1, 0.15) is 0 Å². The van der Waals surface area contributed by atoms with E-state index in [9.17, 15) is 31.1 Å². The maximum atomic E-state index is 12.8. The van der Waals surface area contributed by atoms with Crippen LogP contribution < -0.4 is 5.32 Å². The van der Waals surface area contributed by atoms with Crippen molar-refractivity contribution in [3.63, 3.8) is 0 Å². The van der Waals surface area contributed by atoms with E-state index in [0.717, 1.165) is 44.2 Å². The molecule has 0 fully saturated rings. The largest absolute Gasteiger partial charge is 0.481 e. The number of hydrogen-bond donors (Lipinski definition) is 2. The average molecular weight is 486 g/mol. The van der Waals surface area contributed by atoms with Gasteiger partial charge in [-0.2, -0.15) is 26.3 Å². The summed E-state index contributed by atoms with van der Waals surface area (Å²) in [5.41, 5.74) is -2.73. The molecule has 1 rings (SSSR count). The molecular formula is C24H37F6NO2. The molecule has 1 atom stereocenters. The van der Waals surface area contributed by atoms with E-state index in [0.29, 0.717) is 13.0 Å². The summed E-state index contributed by atoms with van der Waals surface area (Å²) in [6, 6.07) is 1.58. The number of carboxylic acid groups (broad SMARTS) is 1. The summed E-state index contributed by atoms with van der Waals surface area (Å²) in [5, 5.41) is 11.0. The number of carboxylic acids is 1. The van der Waals surface area contributed by atoms with Crippen molar-refractivity contribution in [1.82, 2.24) is 0 Å². The molecule has 0 aliphatic carbocycles. The predicted octanol–water partition coefficient (Wildman–Crippen LogP) is 8.78. The summed E-state index contributed by atoms with van der Waals surface area (Å²) in [7, 11) is 0. The lowest BCUT2D eigenvalue weighted by Crippen LogP contribution is -2.12. The fourth-order valence-electron chi connectivity index (χ4n) is 3.11. The molecule has 0 heterocycles. The van der Waals surface area contributed by atoms with Crippen molar-refractivity contribution < 1.29 is 36.2 Å². The van der Waals surface area contributed by atoms with Gasteiger partial charge in [0, 0.05) is 12.2 Å². The number of alkyl halides is 6. The van der Waals surface area contributed by atoms with Crippen molar-refractivity contribution >= 4 is 11.7 Å². The molecule has 0 aliphatic rings. The second kappa shape index (κ2) is 15.8. The fourth-order valence-corrected chi connectivity index (χ4v) is 3.11. The molecule has 0 radical (unpaired) electrons. The first kappa shape index (κ1) is 31.1. The van der Waals surface area contributed by atoms with Crippen molar-refractivity contribution in [2.75, 3.05) is 11.9 Å². The lowest BCUT2D eigenvalue weighted by molar-refractivity contribution is -0.143. The number of halogens is 6. The van der Waals surface area contributed by atoms with E-state index in [4.69, 9.17) is 5.11 Å². The minimum atomic E-state index is -4.81. The maximum Gasteiger partial charge on any atom is 0.416 e. The Kier molecular flexibility index (Phi) is 14.9. The minimum absolute atomic E-state index is 0.140. The number of nitrogens with one attached hydrogen (secondary N) is 1. The second-order valence-corrected chi connectivity index (χ2v) is 8.22. The molecule has 0 saturated carbocycles. The molecule has 0 aromatic heterocycles. The van der Waals surface area contributed by atoms with E-state index >= 15 is 0 Å². The van der Waals surface area contributed by atoms with E-state index in [1.165, 1.54) is 25.7 Å². The molecule has 9 heteroatoms. The van der Waals surface area contributed by atoms with Gasteiger partial charge < -0.3 is 10.4 Å². The maximum absolute atomic E-state index is 12.8. The molecular weight excluding hydrogens is 448 g/mol. The van der Waals surface area contributed by atoms with Gasteiger partial charge in [-0.05, 0) is 31.0 Å². The Bertz CT molecular complexity index is 642. The van der Waals surface area contributed by atoms with E-state index in [1.807, 2.05) is 6.92 Å². The summed E-state index contributed by atoms with van der Waals surface area (Å²) in [5.74, 6) is -0.855. The first-order valence-corrected chi connectivity index (χ1v) is 11.6. The van der Waals surface area contributed by atoms with Gasteiger partial charge in [0.15, 0.2) is 0 Å². The van der Waals surface area contributed by atoms with Gasteiger partial charge in [-0.3, -0.25) is 4.79 Å². The third-order valence-electron chi connectivity index (χ3n) is 5.09. The Balaban J connectivity index is 0.00000109. The first-order valence-electron chi connectivity index (χ1n) is 11.6. The number of unbranched alkanes of at least 4 members (excludes halogenated alkanes) is 7. The van der Waals surface area contributed by atoms with Crippen molar-refractivity contribution in [3.8, 4) is 0 Å². The summed E-state index contributed by atoms with van der Waals surface area (Å²) in [6.07, 6.45) is 0.664. The predicted molar refractivity (Wildman–Crippen MR) is 119 cm³/mol. The Morgan fingerprint density at radius 1 is 0.818 bits per heavy atom. The molecule has 0 bridgehead atoms. The molecule has 33 heavy (non-hydrogen) atoms. The quantitative estimate of drug-likeness (QED) is 0.217. The van der Waals surface area contributed by atoms with Gasteiger partial charge >= 0.3 is 18.3 Å². The van der Waals surface area contributed by atoms with Gasteiger partial charge in [0.2, 0.25) is 0 Å². The van der Waals surface area contributed by atoms with Gasteiger partial charge in [0.05, 0.1) is 17.0 Å². The van der Waals surface area contributed by atoms with Crippen LogP contribution in [0.1, 0.15) is 96.1 Å². The van der Waals surface area contributed by atoms with Gasteiger partial charge in [0.25, 0.3) is 0 Å². The zero-order valence-electron chi connectivity index (χ0n) is 19.7. The highest BCUT2D eigenvalue weighted by Crippen LogP contribution is 2.37. The number of aliphatic carboxylic acids is 1. The molecule has 1 unspecified atom stereocenters. The zero-order chi connectivity index (χ0) is 25.5. The van der Waals surface area contributed by atoms with Crippen LogP contribution in [-0.4, -0.2) is 17.6 Å². The van der Waals surface area contributed by atoms with Crippen molar-refractivity contribution in [2.24, 2.45) is 5.92 Å². The highest BCUT2D eigenvalue weighted by Gasteiger charge is 2.36. The van der Waals surface area contributed by atoms with Crippen LogP contribution in [0.2, 0.25) is 0 Å². The van der Waals surface area contributed by atoms with Crippen LogP contribution in [0, 0.1) is 5.92 Å². The van der Waals surface area contributed by atoms with E-state index < -0.39 is 29.4 Å². The normalized spacial score (nSPS) is 12.6. The Morgan fingerprint density at radius 3 is 1.64 bits per heavy atom. The Morgan fingerprint density at radius 2 is 1.27 bits per heavy atom. The summed E-state index contributed by atoms with van der Waals surface area (Å²) < 4.78 is 76.5. The second-order valence-electron chi connectivity index (χ2n) is 8.22. The van der Waals surface area contributed by atoms with Crippen molar-refractivity contribution in [1.29, 1.82) is 0 Å². The number of rotatable bonds is 13. The summed E-state index contributed by atoms with van der Waals surface area (Å²) in [4.78, 5) is 10.1. The first-order chi connectivity index (χ1) is 15.3. The topological polar surface area (TPSA) is 49.3 Å². The Hall–Kier alpha value is -1.93. The third kappa shape index (κ3) is 14.8. The molecule has 0 aliphatic heterocycles. The minimum Gasteiger partial charge on any atom is -0.481 e. The number of carbonyl (C=O) groups is 1. The number of hydrogen-bond acceptors (Lipinski definition) is 2. The SMILES string of the molecule is CCCC(C)C(=O)O.CCCCCCCCCCNc1cc(C(F)(F)F)cc(C(F)(F)F)c1. The van der Waals surface area contributed by atoms with E-state index in [1.54, 1.807) is 6.92 Å².